The Labute approximate surface area is 125 Å². The molecule has 20 heavy (non-hydrogen) atoms. The minimum Gasteiger partial charge on any atom is -0.312 e. The molecule has 0 aromatic rings. The molecule has 1 unspecified atom stereocenters. The van der Waals surface area contributed by atoms with Crippen LogP contribution in [0.3, 0.4) is 0 Å². The first-order chi connectivity index (χ1) is 9.10. The Morgan fingerprint density at radius 1 is 1.25 bits per heavy atom. The SMILES string of the molecule is CCC(CC(C)(C)N(C)OCC(=O)C(C)C)NC(C)C. The van der Waals surface area contributed by atoms with Gasteiger partial charge in [0.05, 0.1) is 0 Å². The van der Waals surface area contributed by atoms with Crippen LogP contribution in [0, 0.1) is 5.92 Å². The van der Waals surface area contributed by atoms with E-state index >= 15 is 0 Å². The van der Waals surface area contributed by atoms with E-state index in [9.17, 15) is 4.79 Å². The molecule has 120 valence electrons. The summed E-state index contributed by atoms with van der Waals surface area (Å²) in [6, 6.07) is 0.932. The van der Waals surface area contributed by atoms with Gasteiger partial charge in [0.1, 0.15) is 6.61 Å². The lowest BCUT2D eigenvalue weighted by molar-refractivity contribution is -0.201. The minimum atomic E-state index is -0.111. The summed E-state index contributed by atoms with van der Waals surface area (Å²) in [5.74, 6) is 0.164. The maximum Gasteiger partial charge on any atom is 0.163 e. The van der Waals surface area contributed by atoms with Crippen molar-refractivity contribution >= 4 is 5.78 Å². The fraction of sp³-hybridized carbons (Fsp3) is 0.938. The van der Waals surface area contributed by atoms with Crippen molar-refractivity contribution in [1.82, 2.24) is 10.4 Å². The molecule has 0 saturated heterocycles. The first kappa shape index (κ1) is 19.6. The van der Waals surface area contributed by atoms with Crippen LogP contribution in [0.2, 0.25) is 0 Å². The summed E-state index contributed by atoms with van der Waals surface area (Å²) in [6.45, 7) is 14.8. The summed E-state index contributed by atoms with van der Waals surface area (Å²) < 4.78 is 0. The zero-order valence-corrected chi connectivity index (χ0v) is 14.6. The highest BCUT2D eigenvalue weighted by Crippen LogP contribution is 2.21. The summed E-state index contributed by atoms with van der Waals surface area (Å²) in [7, 11) is 1.91. The average molecular weight is 286 g/mol. The molecule has 0 aromatic heterocycles. The molecule has 0 fully saturated rings. The Balaban J connectivity index is 4.41. The maximum atomic E-state index is 11.6. The van der Waals surface area contributed by atoms with Gasteiger partial charge in [-0.2, -0.15) is 5.06 Å². The molecular weight excluding hydrogens is 252 g/mol. The van der Waals surface area contributed by atoms with Crippen molar-refractivity contribution in [3.05, 3.63) is 0 Å². The number of carbonyl (C=O) groups excluding carboxylic acids is 1. The molecule has 0 heterocycles. The summed E-state index contributed by atoms with van der Waals surface area (Å²) in [5, 5.41) is 5.41. The molecule has 0 spiro atoms. The molecule has 4 nitrogen and oxygen atoms in total. The summed E-state index contributed by atoms with van der Waals surface area (Å²) in [4.78, 5) is 17.3. The van der Waals surface area contributed by atoms with Gasteiger partial charge in [0, 0.05) is 30.6 Å². The lowest BCUT2D eigenvalue weighted by Gasteiger charge is -2.37. The van der Waals surface area contributed by atoms with E-state index in [0.29, 0.717) is 12.1 Å². The lowest BCUT2D eigenvalue weighted by atomic mass is 9.93. The van der Waals surface area contributed by atoms with Gasteiger partial charge in [-0.3, -0.25) is 9.63 Å². The van der Waals surface area contributed by atoms with Crippen LogP contribution in [0.5, 0.6) is 0 Å². The average Bonchev–Trinajstić information content (AvgIpc) is 2.33. The number of ketones is 1. The van der Waals surface area contributed by atoms with E-state index in [0.717, 1.165) is 12.8 Å². The Hall–Kier alpha value is -0.450. The topological polar surface area (TPSA) is 41.6 Å². The Morgan fingerprint density at radius 2 is 1.80 bits per heavy atom. The van der Waals surface area contributed by atoms with Gasteiger partial charge < -0.3 is 5.32 Å². The standard InChI is InChI=1S/C16H34N2O2/c1-9-14(17-13(4)5)10-16(6,7)18(8)20-11-15(19)12(2)3/h12-14,17H,9-11H2,1-8H3. The number of nitrogens with one attached hydrogen (secondary N) is 1. The quantitative estimate of drug-likeness (QED) is 0.627. The number of Topliss-reactive ketones (excluding diaryl/α,β-unsaturated/α-hetero) is 1. The molecule has 0 aliphatic rings. The van der Waals surface area contributed by atoms with Crippen LogP contribution in [-0.4, -0.2) is 42.1 Å². The normalized spacial score (nSPS) is 14.3. The van der Waals surface area contributed by atoms with Crippen molar-refractivity contribution in [2.75, 3.05) is 13.7 Å². The third-order valence-corrected chi connectivity index (χ3v) is 3.70. The highest BCUT2D eigenvalue weighted by Gasteiger charge is 2.28. The van der Waals surface area contributed by atoms with Crippen molar-refractivity contribution in [2.45, 2.75) is 78.9 Å². The van der Waals surface area contributed by atoms with Crippen LogP contribution >= 0.6 is 0 Å². The number of hydrogen-bond donors (Lipinski definition) is 1. The van der Waals surface area contributed by atoms with Gasteiger partial charge in [-0.05, 0) is 26.7 Å². The van der Waals surface area contributed by atoms with Crippen molar-refractivity contribution in [3.8, 4) is 0 Å². The van der Waals surface area contributed by atoms with E-state index in [-0.39, 0.29) is 23.8 Å². The third kappa shape index (κ3) is 7.36. The second-order valence-electron chi connectivity index (χ2n) is 6.84. The minimum absolute atomic E-state index is 0.0255. The number of hydrogen-bond acceptors (Lipinski definition) is 4. The first-order valence-electron chi connectivity index (χ1n) is 7.75. The summed E-state index contributed by atoms with van der Waals surface area (Å²) in [6.07, 6.45) is 2.06. The molecule has 0 saturated carbocycles. The molecule has 0 aliphatic heterocycles. The van der Waals surface area contributed by atoms with E-state index in [4.69, 9.17) is 4.84 Å². The molecule has 0 aliphatic carbocycles. The van der Waals surface area contributed by atoms with Crippen molar-refractivity contribution in [2.24, 2.45) is 5.92 Å². The summed E-state index contributed by atoms with van der Waals surface area (Å²) in [5.41, 5.74) is -0.111. The van der Waals surface area contributed by atoms with Crippen molar-refractivity contribution < 1.29 is 9.63 Å². The molecule has 1 atom stereocenters. The van der Waals surface area contributed by atoms with Gasteiger partial charge >= 0.3 is 0 Å². The van der Waals surface area contributed by atoms with Gasteiger partial charge in [0.25, 0.3) is 0 Å². The Kier molecular flexibility index (Phi) is 8.56. The van der Waals surface area contributed by atoms with Crippen LogP contribution < -0.4 is 5.32 Å². The highest BCUT2D eigenvalue weighted by molar-refractivity contribution is 5.81. The van der Waals surface area contributed by atoms with Crippen molar-refractivity contribution in [3.63, 3.8) is 0 Å². The molecule has 0 amide bonds. The van der Waals surface area contributed by atoms with Gasteiger partial charge in [0.15, 0.2) is 5.78 Å². The molecule has 4 heteroatoms. The predicted molar refractivity (Wildman–Crippen MR) is 84.6 cm³/mol. The van der Waals surface area contributed by atoms with Crippen LogP contribution in [-0.2, 0) is 9.63 Å². The summed E-state index contributed by atoms with van der Waals surface area (Å²) >= 11 is 0. The van der Waals surface area contributed by atoms with E-state index < -0.39 is 0 Å². The van der Waals surface area contributed by atoms with Crippen LogP contribution in [0.15, 0.2) is 0 Å². The van der Waals surface area contributed by atoms with E-state index in [1.165, 1.54) is 0 Å². The Bertz CT molecular complexity index is 288. The van der Waals surface area contributed by atoms with Gasteiger partial charge in [-0.15, -0.1) is 0 Å². The Morgan fingerprint density at radius 3 is 2.20 bits per heavy atom. The van der Waals surface area contributed by atoms with Crippen LogP contribution in [0.4, 0.5) is 0 Å². The number of carbonyl (C=O) groups is 1. The van der Waals surface area contributed by atoms with Crippen LogP contribution in [0.25, 0.3) is 0 Å². The molecule has 0 aromatic carbocycles. The molecule has 1 N–H and O–H groups in total. The number of hydroxylamine groups is 2. The highest BCUT2D eigenvalue weighted by atomic mass is 16.7. The molecular formula is C16H34N2O2. The van der Waals surface area contributed by atoms with E-state index in [1.807, 2.05) is 26.0 Å². The zero-order chi connectivity index (χ0) is 15.9. The first-order valence-corrected chi connectivity index (χ1v) is 7.75. The van der Waals surface area contributed by atoms with Gasteiger partial charge in [0.2, 0.25) is 0 Å². The van der Waals surface area contributed by atoms with Gasteiger partial charge in [-0.25, -0.2) is 0 Å². The third-order valence-electron chi connectivity index (χ3n) is 3.70. The fourth-order valence-electron chi connectivity index (χ4n) is 2.03. The molecule has 0 radical (unpaired) electrons. The van der Waals surface area contributed by atoms with Gasteiger partial charge in [-0.1, -0.05) is 34.6 Å². The van der Waals surface area contributed by atoms with Crippen molar-refractivity contribution in [1.29, 1.82) is 0 Å². The molecule has 0 rings (SSSR count). The maximum absolute atomic E-state index is 11.6. The lowest BCUT2D eigenvalue weighted by Crippen LogP contribution is -2.48. The number of nitrogens with zero attached hydrogens (tertiary/aromatic N) is 1. The zero-order valence-electron chi connectivity index (χ0n) is 14.6. The second-order valence-corrected chi connectivity index (χ2v) is 6.84. The van der Waals surface area contributed by atoms with E-state index in [1.54, 1.807) is 0 Å². The smallest absolute Gasteiger partial charge is 0.163 e. The second kappa shape index (κ2) is 8.75. The monoisotopic (exact) mass is 286 g/mol. The van der Waals surface area contributed by atoms with Crippen LogP contribution in [0.1, 0.15) is 61.3 Å². The number of rotatable bonds is 10. The fourth-order valence-corrected chi connectivity index (χ4v) is 2.03. The largest absolute Gasteiger partial charge is 0.312 e. The molecule has 0 bridgehead atoms. The van der Waals surface area contributed by atoms with E-state index in [2.05, 4.69) is 39.9 Å². The predicted octanol–water partition coefficient (Wildman–Crippen LogP) is 3.02.